The van der Waals surface area contributed by atoms with Gasteiger partial charge in [0.05, 0.1) is 6.04 Å². The molecule has 9 nitrogen and oxygen atoms in total. The molecule has 1 heterocycles. The Morgan fingerprint density at radius 3 is 1.36 bits per heavy atom. The third-order valence-electron chi connectivity index (χ3n) is 8.80. The Balaban J connectivity index is 2.94. The van der Waals surface area contributed by atoms with Crippen LogP contribution in [-0.4, -0.2) is 72.8 Å². The van der Waals surface area contributed by atoms with Gasteiger partial charge in [0.15, 0.2) is 18.3 Å². The maximum Gasteiger partial charge on any atom is 0.306 e. The second kappa shape index (κ2) is 27.8. The number of nitrogens with zero attached hydrogens (tertiary/aromatic N) is 1. The highest BCUT2D eigenvalue weighted by atomic mass is 16.6. The van der Waals surface area contributed by atoms with Gasteiger partial charge >= 0.3 is 23.9 Å². The normalized spacial score (nSPS) is 19.7. The van der Waals surface area contributed by atoms with Gasteiger partial charge in [-0.3, -0.25) is 24.1 Å². The molecule has 0 radical (unpaired) electrons. The van der Waals surface area contributed by atoms with Crippen molar-refractivity contribution in [3.63, 3.8) is 0 Å². The fourth-order valence-corrected chi connectivity index (χ4v) is 6.18. The summed E-state index contributed by atoms with van der Waals surface area (Å²) in [7, 11) is 0. The molecule has 0 N–H and O–H groups in total. The van der Waals surface area contributed by atoms with Gasteiger partial charge in [0.2, 0.25) is 0 Å². The molecule has 4 atom stereocenters. The van der Waals surface area contributed by atoms with Gasteiger partial charge in [-0.2, -0.15) is 0 Å². The summed E-state index contributed by atoms with van der Waals surface area (Å²) in [6.45, 7) is 10.8. The van der Waals surface area contributed by atoms with Crippen molar-refractivity contribution in [2.75, 3.05) is 19.7 Å². The molecule has 1 rings (SSSR count). The Morgan fingerprint density at radius 1 is 0.489 bits per heavy atom. The molecule has 0 saturated carbocycles. The van der Waals surface area contributed by atoms with Crippen LogP contribution < -0.4 is 0 Å². The molecule has 0 aromatic heterocycles. The van der Waals surface area contributed by atoms with Crippen LogP contribution >= 0.6 is 0 Å². The van der Waals surface area contributed by atoms with Crippen molar-refractivity contribution in [1.82, 2.24) is 4.90 Å². The number of carbonyl (C=O) groups is 4. The molecule has 0 unspecified atom stereocenters. The Morgan fingerprint density at radius 2 is 0.894 bits per heavy atom. The number of rotatable bonds is 28. The van der Waals surface area contributed by atoms with E-state index in [9.17, 15) is 19.2 Å². The minimum atomic E-state index is -0.988. The van der Waals surface area contributed by atoms with Crippen molar-refractivity contribution in [2.45, 2.75) is 200 Å². The summed E-state index contributed by atoms with van der Waals surface area (Å²) in [5, 5.41) is 0. The van der Waals surface area contributed by atoms with Crippen LogP contribution in [0.25, 0.3) is 0 Å². The van der Waals surface area contributed by atoms with Crippen LogP contribution in [0, 0.1) is 0 Å². The van der Waals surface area contributed by atoms with Gasteiger partial charge in [0.1, 0.15) is 6.61 Å². The maximum absolute atomic E-state index is 12.9. The highest BCUT2D eigenvalue weighted by molar-refractivity contribution is 5.72. The van der Waals surface area contributed by atoms with E-state index < -0.39 is 36.3 Å². The highest BCUT2D eigenvalue weighted by Gasteiger charge is 2.50. The third-order valence-corrected chi connectivity index (χ3v) is 8.80. The van der Waals surface area contributed by atoms with Crippen molar-refractivity contribution in [3.05, 3.63) is 0 Å². The highest BCUT2D eigenvalue weighted by Crippen LogP contribution is 2.29. The molecular weight excluding hydrogens is 598 g/mol. The standard InChI is InChI=1S/C38H69NO8/c1-6-11-12-13-14-15-16-17-18-19-20-21-22-23-28-39-29-32(45-34(41)25-8-3)38(47-36(43)27-10-5)37(46-35(42)26-9-4)31(39)30-44-33(40)24-7-2/h31-32,37-38H,6-30H2,1-5H3/t31-,32+,37-,38-/m1/s1. The van der Waals surface area contributed by atoms with Gasteiger partial charge < -0.3 is 18.9 Å². The van der Waals surface area contributed by atoms with E-state index in [1.54, 1.807) is 0 Å². The molecule has 0 amide bonds. The van der Waals surface area contributed by atoms with Gasteiger partial charge in [0, 0.05) is 32.2 Å². The number of hydrogen-bond acceptors (Lipinski definition) is 9. The quantitative estimate of drug-likeness (QED) is 0.0460. The number of hydrogen-bond donors (Lipinski definition) is 0. The van der Waals surface area contributed by atoms with E-state index in [1.165, 1.54) is 70.6 Å². The van der Waals surface area contributed by atoms with E-state index in [0.717, 1.165) is 19.3 Å². The molecule has 1 aliphatic rings. The lowest BCUT2D eigenvalue weighted by molar-refractivity contribution is -0.210. The molecule has 0 aliphatic carbocycles. The van der Waals surface area contributed by atoms with Gasteiger partial charge in [-0.1, -0.05) is 118 Å². The molecule has 9 heteroatoms. The fourth-order valence-electron chi connectivity index (χ4n) is 6.18. The predicted octanol–water partition coefficient (Wildman–Crippen LogP) is 8.63. The first-order valence-corrected chi connectivity index (χ1v) is 19.3. The molecule has 47 heavy (non-hydrogen) atoms. The van der Waals surface area contributed by atoms with Crippen LogP contribution in [0.1, 0.15) is 176 Å². The fraction of sp³-hybridized carbons (Fsp3) is 0.895. The van der Waals surface area contributed by atoms with Crippen molar-refractivity contribution in [3.8, 4) is 0 Å². The van der Waals surface area contributed by atoms with E-state index >= 15 is 0 Å². The van der Waals surface area contributed by atoms with Gasteiger partial charge in [0.25, 0.3) is 0 Å². The lowest BCUT2D eigenvalue weighted by Gasteiger charge is -2.47. The summed E-state index contributed by atoms with van der Waals surface area (Å²) in [5.74, 6) is -1.56. The molecule has 0 aromatic carbocycles. The number of likely N-dealkylation sites (tertiary alicyclic amines) is 1. The minimum Gasteiger partial charge on any atom is -0.464 e. The lowest BCUT2D eigenvalue weighted by Crippen LogP contribution is -2.65. The van der Waals surface area contributed by atoms with Crippen LogP contribution in [-0.2, 0) is 38.1 Å². The van der Waals surface area contributed by atoms with Crippen molar-refractivity contribution < 1.29 is 38.1 Å². The van der Waals surface area contributed by atoms with Crippen LogP contribution in [0.3, 0.4) is 0 Å². The number of esters is 4. The number of piperidine rings is 1. The molecule has 0 aromatic rings. The van der Waals surface area contributed by atoms with Crippen molar-refractivity contribution in [2.24, 2.45) is 0 Å². The number of carbonyl (C=O) groups excluding carboxylic acids is 4. The zero-order valence-electron chi connectivity index (χ0n) is 30.7. The van der Waals surface area contributed by atoms with E-state index in [4.69, 9.17) is 18.9 Å². The first kappa shape index (κ1) is 42.9. The molecule has 1 saturated heterocycles. The van der Waals surface area contributed by atoms with Crippen molar-refractivity contribution >= 4 is 23.9 Å². The summed E-state index contributed by atoms with van der Waals surface area (Å²) >= 11 is 0. The second-order valence-corrected chi connectivity index (χ2v) is 13.3. The van der Waals surface area contributed by atoms with E-state index in [2.05, 4.69) is 11.8 Å². The van der Waals surface area contributed by atoms with Crippen molar-refractivity contribution in [1.29, 1.82) is 0 Å². The second-order valence-electron chi connectivity index (χ2n) is 13.3. The minimum absolute atomic E-state index is 0.00103. The first-order chi connectivity index (χ1) is 22.8. The first-order valence-electron chi connectivity index (χ1n) is 19.3. The average molecular weight is 668 g/mol. The summed E-state index contributed by atoms with van der Waals surface area (Å²) < 4.78 is 23.5. The Labute approximate surface area is 286 Å². The summed E-state index contributed by atoms with van der Waals surface area (Å²) in [5.41, 5.74) is 0. The molecule has 1 aliphatic heterocycles. The molecule has 0 bridgehead atoms. The summed E-state index contributed by atoms with van der Waals surface area (Å²) in [6.07, 6.45) is 18.3. The Kier molecular flexibility index (Phi) is 25.3. The predicted molar refractivity (Wildman–Crippen MR) is 186 cm³/mol. The number of ether oxygens (including phenoxy) is 4. The van der Waals surface area contributed by atoms with Gasteiger partial charge in [-0.05, 0) is 38.6 Å². The smallest absolute Gasteiger partial charge is 0.306 e. The SMILES string of the molecule is CCCCCCCCCCCCCCCCN1C[C@H](OC(=O)CCC)[C@@H](OC(=O)CCC)[C@H](OC(=O)CCC)[C@H]1COC(=O)CCC. The lowest BCUT2D eigenvalue weighted by atomic mass is 9.92. The average Bonchev–Trinajstić information content (AvgIpc) is 3.03. The van der Waals surface area contributed by atoms with Crippen LogP contribution in [0.2, 0.25) is 0 Å². The van der Waals surface area contributed by atoms with Crippen LogP contribution in [0.15, 0.2) is 0 Å². The molecular formula is C38H69NO8. The number of unbranched alkanes of at least 4 members (excludes halogenated alkanes) is 13. The largest absolute Gasteiger partial charge is 0.464 e. The maximum atomic E-state index is 12.9. The molecule has 1 fully saturated rings. The zero-order valence-corrected chi connectivity index (χ0v) is 30.7. The van der Waals surface area contributed by atoms with E-state index in [-0.39, 0.29) is 44.2 Å². The van der Waals surface area contributed by atoms with E-state index in [0.29, 0.717) is 38.8 Å². The molecule has 274 valence electrons. The Hall–Kier alpha value is -2.16. The Bertz CT molecular complexity index is 850. The molecule has 0 spiro atoms. The topological polar surface area (TPSA) is 108 Å². The summed E-state index contributed by atoms with van der Waals surface area (Å²) in [4.78, 5) is 52.9. The van der Waals surface area contributed by atoms with Gasteiger partial charge in [-0.15, -0.1) is 0 Å². The van der Waals surface area contributed by atoms with Crippen LogP contribution in [0.5, 0.6) is 0 Å². The zero-order chi connectivity index (χ0) is 34.7. The summed E-state index contributed by atoms with van der Waals surface area (Å²) in [6, 6.07) is -0.529. The third kappa shape index (κ3) is 19.4. The monoisotopic (exact) mass is 668 g/mol. The van der Waals surface area contributed by atoms with E-state index in [1.807, 2.05) is 27.7 Å². The van der Waals surface area contributed by atoms with Crippen LogP contribution in [0.4, 0.5) is 0 Å². The van der Waals surface area contributed by atoms with Gasteiger partial charge in [-0.25, -0.2) is 0 Å².